The molecule has 1 fully saturated rings. The zero-order valence-electron chi connectivity index (χ0n) is 11.4. The molecule has 0 aliphatic heterocycles. The van der Waals surface area contributed by atoms with Gasteiger partial charge in [-0.05, 0) is 56.4 Å². The number of ether oxygens (including phenoxy) is 1. The first-order chi connectivity index (χ1) is 9.10. The monoisotopic (exact) mass is 325 g/mol. The molecular weight excluding hydrogens is 306 g/mol. The first kappa shape index (κ1) is 14.4. The van der Waals surface area contributed by atoms with Crippen molar-refractivity contribution in [2.75, 3.05) is 12.4 Å². The van der Waals surface area contributed by atoms with Gasteiger partial charge in [-0.1, -0.05) is 15.9 Å². The van der Waals surface area contributed by atoms with E-state index in [0.29, 0.717) is 6.04 Å². The summed E-state index contributed by atoms with van der Waals surface area (Å²) < 4.78 is 5.94. The number of methoxy groups -OCH3 is 1. The van der Waals surface area contributed by atoms with Crippen LogP contribution < -0.4 is 5.32 Å². The fourth-order valence-electron chi connectivity index (χ4n) is 2.61. The predicted octanol–water partition coefficient (Wildman–Crippen LogP) is 3.90. The minimum atomic E-state index is -0.0575. The van der Waals surface area contributed by atoms with Crippen LogP contribution in [0.15, 0.2) is 22.7 Å². The molecule has 0 atom stereocenters. The highest BCUT2D eigenvalue weighted by atomic mass is 79.9. The molecule has 3 nitrogen and oxygen atoms in total. The van der Waals surface area contributed by atoms with Gasteiger partial charge < -0.3 is 10.1 Å². The van der Waals surface area contributed by atoms with E-state index in [1.54, 1.807) is 0 Å². The molecule has 0 saturated heterocycles. The minimum Gasteiger partial charge on any atom is -0.469 e. The summed E-state index contributed by atoms with van der Waals surface area (Å²) in [5, 5.41) is 3.55. The third kappa shape index (κ3) is 3.72. The molecular formula is C15H20BrNO2. The van der Waals surface area contributed by atoms with Crippen LogP contribution in [0.4, 0.5) is 5.69 Å². The maximum Gasteiger partial charge on any atom is 0.308 e. The van der Waals surface area contributed by atoms with E-state index in [0.717, 1.165) is 35.8 Å². The molecule has 1 N–H and O–H groups in total. The van der Waals surface area contributed by atoms with Gasteiger partial charge in [0.05, 0.1) is 13.0 Å². The van der Waals surface area contributed by atoms with Crippen molar-refractivity contribution in [1.82, 2.24) is 0 Å². The largest absolute Gasteiger partial charge is 0.469 e. The van der Waals surface area contributed by atoms with E-state index in [9.17, 15) is 4.79 Å². The molecule has 1 aromatic carbocycles. The van der Waals surface area contributed by atoms with E-state index in [2.05, 4.69) is 46.4 Å². The highest BCUT2D eigenvalue weighted by molar-refractivity contribution is 9.10. The fraction of sp³-hybridized carbons (Fsp3) is 0.533. The molecule has 1 aromatic rings. The highest BCUT2D eigenvalue weighted by Gasteiger charge is 2.26. The Hall–Kier alpha value is -1.03. The maximum atomic E-state index is 11.5. The molecule has 0 amide bonds. The first-order valence-corrected chi connectivity index (χ1v) is 7.50. The molecule has 0 heterocycles. The average molecular weight is 326 g/mol. The number of esters is 1. The van der Waals surface area contributed by atoms with Crippen LogP contribution in [0.2, 0.25) is 0 Å². The summed E-state index contributed by atoms with van der Waals surface area (Å²) in [7, 11) is 1.47. The number of nitrogens with one attached hydrogen (secondary N) is 1. The van der Waals surface area contributed by atoms with Gasteiger partial charge in [0.15, 0.2) is 0 Å². The molecule has 2 rings (SSSR count). The number of anilines is 1. The third-order valence-corrected chi connectivity index (χ3v) is 4.68. The van der Waals surface area contributed by atoms with Crippen LogP contribution in [-0.2, 0) is 9.53 Å². The number of carbonyl (C=O) groups is 1. The van der Waals surface area contributed by atoms with E-state index in [1.165, 1.54) is 12.7 Å². The second-order valence-electron chi connectivity index (χ2n) is 5.18. The molecule has 1 saturated carbocycles. The molecule has 1 aliphatic rings. The Morgan fingerprint density at radius 3 is 2.58 bits per heavy atom. The summed E-state index contributed by atoms with van der Waals surface area (Å²) in [6.07, 6.45) is 3.88. The summed E-state index contributed by atoms with van der Waals surface area (Å²) in [4.78, 5) is 11.5. The van der Waals surface area contributed by atoms with Crippen LogP contribution in [0, 0.1) is 12.8 Å². The Labute approximate surface area is 122 Å². The van der Waals surface area contributed by atoms with Crippen molar-refractivity contribution in [3.8, 4) is 0 Å². The number of benzene rings is 1. The van der Waals surface area contributed by atoms with E-state index in [1.807, 2.05) is 0 Å². The van der Waals surface area contributed by atoms with Gasteiger partial charge in [0.2, 0.25) is 0 Å². The van der Waals surface area contributed by atoms with Crippen molar-refractivity contribution in [2.24, 2.45) is 5.92 Å². The zero-order chi connectivity index (χ0) is 13.8. The summed E-state index contributed by atoms with van der Waals surface area (Å²) in [5.41, 5.74) is 2.38. The SMILES string of the molecule is COC(=O)C1CCC(Nc2ccc(Br)c(C)c2)CC1. The maximum absolute atomic E-state index is 11.5. The summed E-state index contributed by atoms with van der Waals surface area (Å²) >= 11 is 3.51. The van der Waals surface area contributed by atoms with Gasteiger partial charge in [-0.2, -0.15) is 0 Å². The zero-order valence-corrected chi connectivity index (χ0v) is 13.0. The lowest BCUT2D eigenvalue weighted by Crippen LogP contribution is -2.29. The van der Waals surface area contributed by atoms with Crippen LogP contribution >= 0.6 is 15.9 Å². The number of halogens is 1. The Morgan fingerprint density at radius 1 is 1.32 bits per heavy atom. The lowest BCUT2D eigenvalue weighted by Gasteiger charge is -2.28. The number of carbonyl (C=O) groups excluding carboxylic acids is 1. The molecule has 0 unspecified atom stereocenters. The molecule has 4 heteroatoms. The Bertz CT molecular complexity index is 453. The van der Waals surface area contributed by atoms with Crippen LogP contribution in [0.5, 0.6) is 0 Å². The molecule has 0 radical (unpaired) electrons. The molecule has 0 bridgehead atoms. The molecule has 0 spiro atoms. The first-order valence-electron chi connectivity index (χ1n) is 6.70. The second-order valence-corrected chi connectivity index (χ2v) is 6.03. The van der Waals surface area contributed by atoms with Gasteiger partial charge in [-0.25, -0.2) is 0 Å². The molecule has 19 heavy (non-hydrogen) atoms. The van der Waals surface area contributed by atoms with Gasteiger partial charge in [0.1, 0.15) is 0 Å². The van der Waals surface area contributed by atoms with Crippen molar-refractivity contribution < 1.29 is 9.53 Å². The van der Waals surface area contributed by atoms with Gasteiger partial charge in [-0.15, -0.1) is 0 Å². The fourth-order valence-corrected chi connectivity index (χ4v) is 2.86. The van der Waals surface area contributed by atoms with E-state index < -0.39 is 0 Å². The average Bonchev–Trinajstić information content (AvgIpc) is 2.43. The molecule has 104 valence electrons. The van der Waals surface area contributed by atoms with Crippen molar-refractivity contribution in [3.05, 3.63) is 28.2 Å². The lowest BCUT2D eigenvalue weighted by atomic mass is 9.86. The van der Waals surface area contributed by atoms with Crippen molar-refractivity contribution in [1.29, 1.82) is 0 Å². The van der Waals surface area contributed by atoms with Crippen molar-refractivity contribution in [2.45, 2.75) is 38.6 Å². The lowest BCUT2D eigenvalue weighted by molar-refractivity contribution is -0.146. The van der Waals surface area contributed by atoms with Gasteiger partial charge in [0.25, 0.3) is 0 Å². The standard InChI is InChI=1S/C15H20BrNO2/c1-10-9-13(7-8-14(10)16)17-12-5-3-11(4-6-12)15(18)19-2/h7-9,11-12,17H,3-6H2,1-2H3. The topological polar surface area (TPSA) is 38.3 Å². The Morgan fingerprint density at radius 2 is 2.00 bits per heavy atom. The Balaban J connectivity index is 1.88. The molecule has 0 aromatic heterocycles. The normalized spacial score (nSPS) is 22.9. The predicted molar refractivity (Wildman–Crippen MR) is 80.3 cm³/mol. The van der Waals surface area contributed by atoms with Crippen molar-refractivity contribution in [3.63, 3.8) is 0 Å². The number of hydrogen-bond donors (Lipinski definition) is 1. The quantitative estimate of drug-likeness (QED) is 0.856. The van der Waals surface area contributed by atoms with Crippen LogP contribution in [0.3, 0.4) is 0 Å². The Kier molecular flexibility index (Phi) is 4.86. The smallest absolute Gasteiger partial charge is 0.308 e. The second kappa shape index (κ2) is 6.42. The number of rotatable bonds is 3. The summed E-state index contributed by atoms with van der Waals surface area (Å²) in [5.74, 6) is 0.0349. The van der Waals surface area contributed by atoms with Gasteiger partial charge in [0, 0.05) is 16.2 Å². The van der Waals surface area contributed by atoms with Gasteiger partial charge >= 0.3 is 5.97 Å². The molecule has 1 aliphatic carbocycles. The van der Waals surface area contributed by atoms with Crippen LogP contribution in [0.1, 0.15) is 31.2 Å². The van der Waals surface area contributed by atoms with Crippen LogP contribution in [-0.4, -0.2) is 19.1 Å². The van der Waals surface area contributed by atoms with E-state index in [4.69, 9.17) is 4.74 Å². The number of aryl methyl sites for hydroxylation is 1. The third-order valence-electron chi connectivity index (χ3n) is 3.79. The minimum absolute atomic E-state index is 0.0575. The van der Waals surface area contributed by atoms with E-state index >= 15 is 0 Å². The van der Waals surface area contributed by atoms with Gasteiger partial charge in [-0.3, -0.25) is 4.79 Å². The van der Waals surface area contributed by atoms with E-state index in [-0.39, 0.29) is 11.9 Å². The summed E-state index contributed by atoms with van der Waals surface area (Å²) in [6, 6.07) is 6.76. The van der Waals surface area contributed by atoms with Crippen LogP contribution in [0.25, 0.3) is 0 Å². The van der Waals surface area contributed by atoms with Crippen molar-refractivity contribution >= 4 is 27.6 Å². The number of hydrogen-bond acceptors (Lipinski definition) is 3. The highest BCUT2D eigenvalue weighted by Crippen LogP contribution is 2.28. The summed E-state index contributed by atoms with van der Waals surface area (Å²) in [6.45, 7) is 2.09.